The Bertz CT molecular complexity index is 703. The minimum atomic E-state index is -0.140. The fourth-order valence-electron chi connectivity index (χ4n) is 2.18. The molecule has 5 nitrogen and oxygen atoms in total. The molecule has 0 aliphatic heterocycles. The lowest BCUT2D eigenvalue weighted by Crippen LogP contribution is -2.34. The van der Waals surface area contributed by atoms with Gasteiger partial charge in [0, 0.05) is 12.1 Å². The van der Waals surface area contributed by atoms with E-state index in [1.807, 2.05) is 68.4 Å². The van der Waals surface area contributed by atoms with Gasteiger partial charge < -0.3 is 20.1 Å². The van der Waals surface area contributed by atoms with Gasteiger partial charge in [0.05, 0.1) is 12.7 Å². The lowest BCUT2D eigenvalue weighted by molar-refractivity contribution is -0.119. The van der Waals surface area contributed by atoms with E-state index in [0.29, 0.717) is 19.4 Å². The zero-order valence-electron chi connectivity index (χ0n) is 15.0. The first-order valence-electron chi connectivity index (χ1n) is 8.58. The Labute approximate surface area is 159 Å². The summed E-state index contributed by atoms with van der Waals surface area (Å²) in [5, 5.41) is 5.93. The maximum atomic E-state index is 11.9. The Hall–Kier alpha value is -2.60. The van der Waals surface area contributed by atoms with E-state index in [1.165, 1.54) is 0 Å². The first kappa shape index (κ1) is 19.7. The summed E-state index contributed by atoms with van der Waals surface area (Å²) in [5.74, 6) is 1.45. The molecule has 0 aliphatic rings. The van der Waals surface area contributed by atoms with Crippen LogP contribution in [0.1, 0.15) is 26.7 Å². The van der Waals surface area contributed by atoms with Gasteiger partial charge in [0.25, 0.3) is 0 Å². The van der Waals surface area contributed by atoms with Gasteiger partial charge in [0.2, 0.25) is 5.91 Å². The van der Waals surface area contributed by atoms with E-state index in [4.69, 9.17) is 21.7 Å². The maximum Gasteiger partial charge on any atom is 0.226 e. The molecule has 0 saturated carbocycles. The van der Waals surface area contributed by atoms with Gasteiger partial charge in [-0.25, -0.2) is 0 Å². The van der Waals surface area contributed by atoms with Crippen molar-refractivity contribution in [2.24, 2.45) is 0 Å². The molecule has 138 valence electrons. The smallest absolute Gasteiger partial charge is 0.226 e. The fraction of sp³-hybridized carbons (Fsp3) is 0.300. The van der Waals surface area contributed by atoms with Crippen LogP contribution >= 0.6 is 12.2 Å². The van der Waals surface area contributed by atoms with Crippen LogP contribution in [0.2, 0.25) is 0 Å². The van der Waals surface area contributed by atoms with E-state index in [2.05, 4.69) is 10.6 Å². The number of anilines is 1. The topological polar surface area (TPSA) is 59.6 Å². The number of thiocarbonyl (C=S) groups is 1. The summed E-state index contributed by atoms with van der Waals surface area (Å²) in [6.45, 7) is 4.43. The molecule has 0 spiro atoms. The Morgan fingerprint density at radius 3 is 2.38 bits per heavy atom. The number of hydrogen-bond donors (Lipinski definition) is 2. The molecule has 0 aliphatic carbocycles. The Morgan fingerprint density at radius 1 is 1.04 bits per heavy atom. The second-order valence-electron chi connectivity index (χ2n) is 5.96. The first-order chi connectivity index (χ1) is 12.5. The maximum absolute atomic E-state index is 11.9. The summed E-state index contributed by atoms with van der Waals surface area (Å²) in [6, 6.07) is 16.9. The van der Waals surface area contributed by atoms with Crippen LogP contribution in [-0.2, 0) is 4.79 Å². The van der Waals surface area contributed by atoms with Crippen LogP contribution < -0.4 is 20.1 Å². The summed E-state index contributed by atoms with van der Waals surface area (Å²) in [4.78, 5) is 11.9. The number of ether oxygens (including phenoxy) is 2. The minimum absolute atomic E-state index is 0.125. The quantitative estimate of drug-likeness (QED) is 0.539. The van der Waals surface area contributed by atoms with E-state index in [1.54, 1.807) is 0 Å². The lowest BCUT2D eigenvalue weighted by Gasteiger charge is -2.12. The number of rotatable bonds is 8. The van der Waals surface area contributed by atoms with Gasteiger partial charge >= 0.3 is 0 Å². The van der Waals surface area contributed by atoms with Crippen molar-refractivity contribution in [3.63, 3.8) is 0 Å². The molecule has 0 heterocycles. The van der Waals surface area contributed by atoms with Crippen molar-refractivity contribution in [3.05, 3.63) is 54.6 Å². The van der Waals surface area contributed by atoms with E-state index < -0.39 is 0 Å². The Morgan fingerprint density at radius 2 is 1.73 bits per heavy atom. The van der Waals surface area contributed by atoms with Crippen LogP contribution in [0.15, 0.2) is 54.6 Å². The molecule has 0 bridgehead atoms. The molecule has 26 heavy (non-hydrogen) atoms. The zero-order chi connectivity index (χ0) is 18.8. The van der Waals surface area contributed by atoms with Gasteiger partial charge in [0.1, 0.15) is 11.5 Å². The van der Waals surface area contributed by atoms with Crippen molar-refractivity contribution in [1.29, 1.82) is 0 Å². The Kier molecular flexibility index (Phi) is 7.89. The molecule has 2 aromatic carbocycles. The van der Waals surface area contributed by atoms with Crippen molar-refractivity contribution in [1.82, 2.24) is 5.32 Å². The molecule has 6 heteroatoms. The summed E-state index contributed by atoms with van der Waals surface area (Å²) in [5.41, 5.74) is 0.791. The average molecular weight is 372 g/mol. The summed E-state index contributed by atoms with van der Waals surface area (Å²) < 4.78 is 11.1. The zero-order valence-corrected chi connectivity index (χ0v) is 15.8. The van der Waals surface area contributed by atoms with Crippen LogP contribution in [0.5, 0.6) is 11.5 Å². The van der Waals surface area contributed by atoms with Crippen LogP contribution in [0.4, 0.5) is 5.69 Å². The van der Waals surface area contributed by atoms with E-state index in [0.717, 1.165) is 17.2 Å². The predicted octanol–water partition coefficient (Wildman–Crippen LogP) is 4.15. The third-order valence-electron chi connectivity index (χ3n) is 3.30. The standard InChI is InChI=1S/C20H24N2O3S/c1-15(2)25-18-12-10-16(11-13-18)21-20(26)22-19(23)9-6-14-24-17-7-4-3-5-8-17/h3-5,7-8,10-13,15H,6,9,14H2,1-2H3,(H2,21,22,23,26). The van der Waals surface area contributed by atoms with Crippen LogP contribution in [0.3, 0.4) is 0 Å². The number of nitrogens with one attached hydrogen (secondary N) is 2. The SMILES string of the molecule is CC(C)Oc1ccc(NC(=S)NC(=O)CCCOc2ccccc2)cc1. The highest BCUT2D eigenvalue weighted by Crippen LogP contribution is 2.16. The summed E-state index contributed by atoms with van der Waals surface area (Å²) in [6.07, 6.45) is 1.08. The number of para-hydroxylation sites is 1. The van der Waals surface area contributed by atoms with Gasteiger partial charge in [0.15, 0.2) is 5.11 Å². The first-order valence-corrected chi connectivity index (χ1v) is 8.99. The number of carbonyl (C=O) groups excluding carboxylic acids is 1. The van der Waals surface area contributed by atoms with Crippen LogP contribution in [0.25, 0.3) is 0 Å². The van der Waals surface area contributed by atoms with Gasteiger partial charge in [-0.05, 0) is 68.9 Å². The van der Waals surface area contributed by atoms with Crippen molar-refractivity contribution in [3.8, 4) is 11.5 Å². The summed E-state index contributed by atoms with van der Waals surface area (Å²) in [7, 11) is 0. The molecule has 1 amide bonds. The van der Waals surface area contributed by atoms with Gasteiger partial charge in [-0.2, -0.15) is 0 Å². The van der Waals surface area contributed by atoms with Crippen molar-refractivity contribution in [2.75, 3.05) is 11.9 Å². The number of carbonyl (C=O) groups is 1. The molecule has 0 unspecified atom stereocenters. The summed E-state index contributed by atoms with van der Waals surface area (Å²) >= 11 is 5.16. The van der Waals surface area contributed by atoms with Gasteiger partial charge in [-0.3, -0.25) is 4.79 Å². The third kappa shape index (κ3) is 7.53. The highest BCUT2D eigenvalue weighted by atomic mass is 32.1. The third-order valence-corrected chi connectivity index (χ3v) is 3.50. The van der Waals surface area contributed by atoms with Crippen molar-refractivity contribution < 1.29 is 14.3 Å². The minimum Gasteiger partial charge on any atom is -0.494 e. The molecule has 2 aromatic rings. The predicted molar refractivity (Wildman–Crippen MR) is 108 cm³/mol. The highest BCUT2D eigenvalue weighted by molar-refractivity contribution is 7.80. The molecule has 0 radical (unpaired) electrons. The van der Waals surface area contributed by atoms with Crippen LogP contribution in [0, 0.1) is 0 Å². The van der Waals surface area contributed by atoms with Crippen molar-refractivity contribution in [2.45, 2.75) is 32.8 Å². The van der Waals surface area contributed by atoms with Crippen molar-refractivity contribution >= 4 is 28.9 Å². The average Bonchev–Trinajstić information content (AvgIpc) is 2.61. The van der Waals surface area contributed by atoms with Gasteiger partial charge in [-0.1, -0.05) is 18.2 Å². The Balaban J connectivity index is 1.66. The molecular weight excluding hydrogens is 348 g/mol. The second kappa shape index (κ2) is 10.4. The number of amides is 1. The molecule has 0 fully saturated rings. The molecule has 0 saturated heterocycles. The number of benzene rings is 2. The van der Waals surface area contributed by atoms with E-state index >= 15 is 0 Å². The number of hydrogen-bond acceptors (Lipinski definition) is 4. The van der Waals surface area contributed by atoms with Crippen LogP contribution in [-0.4, -0.2) is 23.7 Å². The fourth-order valence-corrected chi connectivity index (χ4v) is 2.41. The lowest BCUT2D eigenvalue weighted by atomic mass is 10.3. The van der Waals surface area contributed by atoms with E-state index in [-0.39, 0.29) is 17.1 Å². The molecule has 0 atom stereocenters. The molecule has 2 rings (SSSR count). The highest BCUT2D eigenvalue weighted by Gasteiger charge is 2.06. The second-order valence-corrected chi connectivity index (χ2v) is 6.37. The van der Waals surface area contributed by atoms with Gasteiger partial charge in [-0.15, -0.1) is 0 Å². The molecule has 0 aromatic heterocycles. The molecule has 2 N–H and O–H groups in total. The molecular formula is C20H24N2O3S. The normalized spacial score (nSPS) is 10.3. The largest absolute Gasteiger partial charge is 0.494 e. The monoisotopic (exact) mass is 372 g/mol. The van der Waals surface area contributed by atoms with E-state index in [9.17, 15) is 4.79 Å².